The fourth-order valence-corrected chi connectivity index (χ4v) is 2.60. The highest BCUT2D eigenvalue weighted by atomic mass is 35.5. The lowest BCUT2D eigenvalue weighted by molar-refractivity contribution is 0.552. The predicted octanol–water partition coefficient (Wildman–Crippen LogP) is 5.99. The van der Waals surface area contributed by atoms with Gasteiger partial charge in [-0.2, -0.15) is 0 Å². The Bertz CT molecular complexity index is 732. The van der Waals surface area contributed by atoms with E-state index in [-0.39, 0.29) is 5.02 Å². The molecule has 0 heterocycles. The first-order valence-electron chi connectivity index (χ1n) is 7.07. The van der Waals surface area contributed by atoms with Crippen molar-refractivity contribution in [2.75, 3.05) is 13.6 Å². The minimum Gasteiger partial charge on any atom is -0.366 e. The minimum absolute atomic E-state index is 0.103. The van der Waals surface area contributed by atoms with E-state index in [1.165, 1.54) is 6.07 Å². The number of nitrogens with zero attached hydrogens (tertiary/aromatic N) is 2. The normalized spacial score (nSPS) is 11.2. The van der Waals surface area contributed by atoms with Crippen LogP contribution < -0.4 is 0 Å². The van der Waals surface area contributed by atoms with E-state index in [4.69, 9.17) is 34.8 Å². The number of halogens is 4. The highest BCUT2D eigenvalue weighted by Crippen LogP contribution is 2.33. The van der Waals surface area contributed by atoms with Crippen LogP contribution in [0.15, 0.2) is 35.3 Å². The molecule has 0 aliphatic rings. The maximum Gasteiger partial charge on any atom is 0.142 e. The van der Waals surface area contributed by atoms with Crippen LogP contribution in [0, 0.1) is 5.82 Å². The fraction of sp³-hybridized carbons (Fsp3) is 0.235. The number of hydrogen-bond acceptors (Lipinski definition) is 1. The summed E-state index contributed by atoms with van der Waals surface area (Å²) in [5.74, 6) is -0.449. The monoisotopic (exact) mass is 372 g/mol. The summed E-state index contributed by atoms with van der Waals surface area (Å²) in [6, 6.07) is 8.14. The van der Waals surface area contributed by atoms with Crippen LogP contribution in [0.25, 0.3) is 0 Å². The Morgan fingerprint density at radius 2 is 1.87 bits per heavy atom. The summed E-state index contributed by atoms with van der Waals surface area (Å²) in [6.45, 7) is 2.86. The number of rotatable bonds is 5. The van der Waals surface area contributed by atoms with E-state index < -0.39 is 5.82 Å². The Hall–Kier alpha value is -1.29. The van der Waals surface area contributed by atoms with E-state index in [1.807, 2.05) is 18.9 Å². The molecule has 0 unspecified atom stereocenters. The molecule has 0 aromatic heterocycles. The lowest BCUT2D eigenvalue weighted by Gasteiger charge is -2.11. The molecule has 0 saturated carbocycles. The van der Waals surface area contributed by atoms with Crippen molar-refractivity contribution in [2.45, 2.75) is 13.3 Å². The smallest absolute Gasteiger partial charge is 0.142 e. The zero-order valence-electron chi connectivity index (χ0n) is 12.8. The molecule has 2 aromatic rings. The van der Waals surface area contributed by atoms with E-state index >= 15 is 0 Å². The molecule has 2 aromatic carbocycles. The third kappa shape index (κ3) is 4.60. The molecular weight excluding hydrogens is 358 g/mol. The highest BCUT2D eigenvalue weighted by Gasteiger charge is 2.11. The molecule has 122 valence electrons. The Morgan fingerprint density at radius 3 is 2.57 bits per heavy atom. The second-order valence-electron chi connectivity index (χ2n) is 5.10. The first kappa shape index (κ1) is 18.1. The fourth-order valence-electron chi connectivity index (χ4n) is 1.94. The zero-order valence-corrected chi connectivity index (χ0v) is 15.1. The molecule has 0 atom stereocenters. The first-order valence-corrected chi connectivity index (χ1v) is 8.21. The standard InChI is InChI=1S/C17H16Cl3FN2/c1-3-23(2)10-22-16-9-13(18)12(8-14(16)19)7-11-5-4-6-15(21)17(11)20/h4-6,8-10H,3,7H2,1-2H3/b22-10-. The van der Waals surface area contributed by atoms with E-state index in [0.29, 0.717) is 27.7 Å². The molecule has 0 aliphatic carbocycles. The van der Waals surface area contributed by atoms with Crippen molar-refractivity contribution < 1.29 is 4.39 Å². The maximum atomic E-state index is 13.5. The summed E-state index contributed by atoms with van der Waals surface area (Å²) in [6.07, 6.45) is 2.09. The van der Waals surface area contributed by atoms with Crippen LogP contribution >= 0.6 is 34.8 Å². The summed E-state index contributed by atoms with van der Waals surface area (Å²) in [5.41, 5.74) is 2.02. The van der Waals surface area contributed by atoms with Gasteiger partial charge in [0.1, 0.15) is 5.82 Å². The van der Waals surface area contributed by atoms with Gasteiger partial charge in [0.25, 0.3) is 0 Å². The molecule has 0 amide bonds. The van der Waals surface area contributed by atoms with Crippen LogP contribution in [0.3, 0.4) is 0 Å². The molecule has 23 heavy (non-hydrogen) atoms. The van der Waals surface area contributed by atoms with Crippen molar-refractivity contribution in [3.05, 3.63) is 62.3 Å². The van der Waals surface area contributed by atoms with Gasteiger partial charge in [-0.15, -0.1) is 0 Å². The first-order chi connectivity index (χ1) is 10.9. The Kier molecular flexibility index (Phi) is 6.28. The SMILES string of the molecule is CCN(C)/C=N\c1cc(Cl)c(Cc2cccc(F)c2Cl)cc1Cl. The molecule has 0 aliphatic heterocycles. The summed E-state index contributed by atoms with van der Waals surface area (Å²) in [4.78, 5) is 6.24. The number of hydrogen-bond donors (Lipinski definition) is 0. The third-order valence-electron chi connectivity index (χ3n) is 3.42. The van der Waals surface area contributed by atoms with Gasteiger partial charge in [0.15, 0.2) is 0 Å². The average molecular weight is 374 g/mol. The molecule has 0 spiro atoms. The highest BCUT2D eigenvalue weighted by molar-refractivity contribution is 6.35. The number of aliphatic imine (C=N–C) groups is 1. The molecule has 0 fully saturated rings. The minimum atomic E-state index is -0.449. The molecule has 6 heteroatoms. The van der Waals surface area contributed by atoms with Crippen LogP contribution in [0.4, 0.5) is 10.1 Å². The lowest BCUT2D eigenvalue weighted by Crippen LogP contribution is -2.14. The second kappa shape index (κ2) is 8.00. The van der Waals surface area contributed by atoms with Gasteiger partial charge < -0.3 is 4.90 Å². The average Bonchev–Trinajstić information content (AvgIpc) is 2.53. The molecule has 0 bridgehead atoms. The third-order valence-corrected chi connectivity index (χ3v) is 4.50. The Labute approximate surface area is 150 Å². The summed E-state index contributed by atoms with van der Waals surface area (Å²) < 4.78 is 13.5. The predicted molar refractivity (Wildman–Crippen MR) is 97.1 cm³/mol. The van der Waals surface area contributed by atoms with E-state index in [1.54, 1.807) is 30.6 Å². The maximum absolute atomic E-state index is 13.5. The van der Waals surface area contributed by atoms with Crippen LogP contribution in [0.2, 0.25) is 15.1 Å². The van der Waals surface area contributed by atoms with Gasteiger partial charge in [0, 0.05) is 25.0 Å². The van der Waals surface area contributed by atoms with Crippen molar-refractivity contribution in [3.8, 4) is 0 Å². The van der Waals surface area contributed by atoms with Crippen molar-refractivity contribution in [2.24, 2.45) is 4.99 Å². The van der Waals surface area contributed by atoms with E-state index in [2.05, 4.69) is 4.99 Å². The molecular formula is C17H16Cl3FN2. The topological polar surface area (TPSA) is 15.6 Å². The van der Waals surface area contributed by atoms with Gasteiger partial charge >= 0.3 is 0 Å². The lowest BCUT2D eigenvalue weighted by atomic mass is 10.0. The largest absolute Gasteiger partial charge is 0.366 e. The van der Waals surface area contributed by atoms with Gasteiger partial charge in [-0.3, -0.25) is 0 Å². The molecule has 0 radical (unpaired) electrons. The van der Waals surface area contributed by atoms with Crippen LogP contribution in [0.1, 0.15) is 18.1 Å². The van der Waals surface area contributed by atoms with Crippen LogP contribution in [-0.2, 0) is 6.42 Å². The zero-order chi connectivity index (χ0) is 17.0. The van der Waals surface area contributed by atoms with Gasteiger partial charge in [-0.1, -0.05) is 46.9 Å². The van der Waals surface area contributed by atoms with Gasteiger partial charge in [-0.25, -0.2) is 9.38 Å². The quantitative estimate of drug-likeness (QED) is 0.464. The summed E-state index contributed by atoms with van der Waals surface area (Å²) in [5, 5.41) is 1.10. The molecule has 2 nitrogen and oxygen atoms in total. The van der Waals surface area contributed by atoms with E-state index in [9.17, 15) is 4.39 Å². The summed E-state index contributed by atoms with van der Waals surface area (Å²) in [7, 11) is 1.92. The Balaban J connectivity index is 2.30. The number of benzene rings is 2. The summed E-state index contributed by atoms with van der Waals surface area (Å²) >= 11 is 18.6. The Morgan fingerprint density at radius 1 is 1.13 bits per heavy atom. The molecule has 2 rings (SSSR count). The van der Waals surface area contributed by atoms with Gasteiger partial charge in [-0.05, 0) is 36.2 Å². The van der Waals surface area contributed by atoms with Crippen molar-refractivity contribution in [1.29, 1.82) is 0 Å². The van der Waals surface area contributed by atoms with Gasteiger partial charge in [0.2, 0.25) is 0 Å². The van der Waals surface area contributed by atoms with E-state index in [0.717, 1.165) is 12.1 Å². The van der Waals surface area contributed by atoms with Crippen LogP contribution in [-0.4, -0.2) is 24.8 Å². The van der Waals surface area contributed by atoms with Crippen LogP contribution in [0.5, 0.6) is 0 Å². The van der Waals surface area contributed by atoms with Crippen molar-refractivity contribution in [1.82, 2.24) is 4.90 Å². The van der Waals surface area contributed by atoms with Crippen molar-refractivity contribution >= 4 is 46.8 Å². The van der Waals surface area contributed by atoms with Gasteiger partial charge in [0.05, 0.1) is 22.1 Å². The molecule has 0 N–H and O–H groups in total. The van der Waals surface area contributed by atoms with Crippen molar-refractivity contribution in [3.63, 3.8) is 0 Å². The molecule has 0 saturated heterocycles. The second-order valence-corrected chi connectivity index (χ2v) is 6.29.